The van der Waals surface area contributed by atoms with E-state index in [0.717, 1.165) is 25.7 Å². The molecule has 0 radical (unpaired) electrons. The molecule has 0 spiro atoms. The van der Waals surface area contributed by atoms with Crippen molar-refractivity contribution in [1.29, 1.82) is 0 Å². The first-order valence-electron chi connectivity index (χ1n) is 12.9. The number of carbonyl (C=O) groups excluding carboxylic acids is 2. The van der Waals surface area contributed by atoms with E-state index in [9.17, 15) is 18.0 Å². The molecule has 3 aromatic carbocycles. The topological polar surface area (TPSA) is 96.0 Å². The summed E-state index contributed by atoms with van der Waals surface area (Å²) in [6.07, 6.45) is 3.03. The lowest BCUT2D eigenvalue weighted by molar-refractivity contribution is -0.122. The maximum atomic E-state index is 13.5. The standard InChI is InChI=1S/C29H31N3O5S/c33-28(30-24-15-7-6-14-23(24)29(34)31-18-10-1-2-11-19-31)27-20-32(25-16-8-9-17-26(25)37-27)38(35,36)21-22-12-4-3-5-13-22/h3-9,12-17,27H,1-2,10-11,18-21H2,(H,30,33)/t27-/m0/s1. The first-order valence-corrected chi connectivity index (χ1v) is 14.5. The van der Waals surface area contributed by atoms with Gasteiger partial charge in [0, 0.05) is 13.1 Å². The SMILES string of the molecule is O=C(Nc1ccccc1C(=O)N1CCCCCC1)[C@@H]1CN(S(=O)(=O)Cc2ccccc2)c2ccccc2O1. The van der Waals surface area contributed by atoms with Gasteiger partial charge in [-0.15, -0.1) is 0 Å². The van der Waals surface area contributed by atoms with Crippen LogP contribution in [0, 0.1) is 0 Å². The molecule has 1 N–H and O–H groups in total. The van der Waals surface area contributed by atoms with Crippen molar-refractivity contribution in [3.05, 3.63) is 90.0 Å². The Kier molecular flexibility index (Phi) is 7.64. The average molecular weight is 534 g/mol. The quantitative estimate of drug-likeness (QED) is 0.506. The largest absolute Gasteiger partial charge is 0.476 e. The van der Waals surface area contributed by atoms with Gasteiger partial charge in [0.25, 0.3) is 11.8 Å². The number of nitrogens with one attached hydrogen (secondary N) is 1. The van der Waals surface area contributed by atoms with Gasteiger partial charge in [0.15, 0.2) is 6.10 Å². The van der Waals surface area contributed by atoms with Crippen LogP contribution >= 0.6 is 0 Å². The van der Waals surface area contributed by atoms with Crippen LogP contribution < -0.4 is 14.4 Å². The van der Waals surface area contributed by atoms with Crippen LogP contribution in [0.3, 0.4) is 0 Å². The molecular formula is C29H31N3O5S. The van der Waals surface area contributed by atoms with Gasteiger partial charge in [0.1, 0.15) is 5.75 Å². The average Bonchev–Trinajstić information content (AvgIpc) is 3.22. The smallest absolute Gasteiger partial charge is 0.267 e. The highest BCUT2D eigenvalue weighted by Crippen LogP contribution is 2.36. The molecule has 8 nitrogen and oxygen atoms in total. The van der Waals surface area contributed by atoms with Gasteiger partial charge in [-0.2, -0.15) is 0 Å². The maximum Gasteiger partial charge on any atom is 0.267 e. The third kappa shape index (κ3) is 5.67. The number of para-hydroxylation sites is 3. The van der Waals surface area contributed by atoms with Crippen LogP contribution in [0.25, 0.3) is 0 Å². The number of hydrogen-bond acceptors (Lipinski definition) is 5. The third-order valence-corrected chi connectivity index (χ3v) is 8.58. The molecule has 0 unspecified atom stereocenters. The molecule has 2 aliphatic rings. The summed E-state index contributed by atoms with van der Waals surface area (Å²) in [6.45, 7) is 1.20. The summed E-state index contributed by atoms with van der Waals surface area (Å²) in [5.74, 6) is -0.534. The van der Waals surface area contributed by atoms with Gasteiger partial charge < -0.3 is 15.0 Å². The van der Waals surface area contributed by atoms with E-state index >= 15 is 0 Å². The van der Waals surface area contributed by atoms with Crippen molar-refractivity contribution in [1.82, 2.24) is 4.90 Å². The van der Waals surface area contributed by atoms with E-state index in [1.54, 1.807) is 72.8 Å². The number of benzene rings is 3. The molecule has 1 saturated heterocycles. The van der Waals surface area contributed by atoms with E-state index in [-0.39, 0.29) is 18.2 Å². The molecule has 0 aliphatic carbocycles. The highest BCUT2D eigenvalue weighted by molar-refractivity contribution is 7.92. The second kappa shape index (κ2) is 11.3. The zero-order chi connectivity index (χ0) is 26.5. The molecule has 0 saturated carbocycles. The number of rotatable bonds is 6. The van der Waals surface area contributed by atoms with E-state index < -0.39 is 22.0 Å². The highest BCUT2D eigenvalue weighted by atomic mass is 32.2. The van der Waals surface area contributed by atoms with Crippen molar-refractivity contribution < 1.29 is 22.7 Å². The number of carbonyl (C=O) groups is 2. The molecule has 5 rings (SSSR count). The summed E-state index contributed by atoms with van der Waals surface area (Å²) in [5.41, 5.74) is 1.84. The number of hydrogen-bond donors (Lipinski definition) is 1. The zero-order valence-electron chi connectivity index (χ0n) is 21.1. The lowest BCUT2D eigenvalue weighted by Crippen LogP contribution is -2.49. The molecule has 9 heteroatoms. The van der Waals surface area contributed by atoms with Crippen LogP contribution in [0.5, 0.6) is 5.75 Å². The normalized spacial score (nSPS) is 17.6. The first kappa shape index (κ1) is 25.8. The molecule has 2 heterocycles. The number of anilines is 2. The van der Waals surface area contributed by atoms with Crippen LogP contribution in [0.2, 0.25) is 0 Å². The second-order valence-corrected chi connectivity index (χ2v) is 11.5. The molecule has 2 amide bonds. The van der Waals surface area contributed by atoms with Crippen molar-refractivity contribution in [2.75, 3.05) is 29.3 Å². The molecule has 1 fully saturated rings. The summed E-state index contributed by atoms with van der Waals surface area (Å²) in [4.78, 5) is 28.6. The molecule has 0 bridgehead atoms. The number of nitrogens with zero attached hydrogens (tertiary/aromatic N) is 2. The molecular weight excluding hydrogens is 502 g/mol. The predicted molar refractivity (Wildman–Crippen MR) is 147 cm³/mol. The molecule has 3 aromatic rings. The van der Waals surface area contributed by atoms with Gasteiger partial charge in [-0.3, -0.25) is 13.9 Å². The van der Waals surface area contributed by atoms with E-state index in [1.165, 1.54) is 4.31 Å². The van der Waals surface area contributed by atoms with E-state index in [2.05, 4.69) is 5.32 Å². The van der Waals surface area contributed by atoms with Gasteiger partial charge in [0.05, 0.1) is 29.2 Å². The van der Waals surface area contributed by atoms with Gasteiger partial charge in [-0.05, 0) is 42.7 Å². The first-order chi connectivity index (χ1) is 18.4. The van der Waals surface area contributed by atoms with Crippen LogP contribution in [0.1, 0.15) is 41.6 Å². The second-order valence-electron chi connectivity index (χ2n) is 9.59. The van der Waals surface area contributed by atoms with E-state index in [4.69, 9.17) is 4.74 Å². The number of fused-ring (bicyclic) bond motifs is 1. The third-order valence-electron chi connectivity index (χ3n) is 6.86. The number of ether oxygens (including phenoxy) is 1. The summed E-state index contributed by atoms with van der Waals surface area (Å²) in [6, 6.07) is 22.6. The molecule has 0 aromatic heterocycles. The Bertz CT molecular complexity index is 1400. The van der Waals surface area contributed by atoms with Gasteiger partial charge >= 0.3 is 0 Å². The zero-order valence-corrected chi connectivity index (χ0v) is 21.9. The fourth-order valence-corrected chi connectivity index (χ4v) is 6.48. The minimum Gasteiger partial charge on any atom is -0.476 e. The lowest BCUT2D eigenvalue weighted by atomic mass is 10.1. The van der Waals surface area contributed by atoms with Crippen LogP contribution in [-0.2, 0) is 20.6 Å². The van der Waals surface area contributed by atoms with Crippen LogP contribution in [-0.4, -0.2) is 50.9 Å². The van der Waals surface area contributed by atoms with Crippen molar-refractivity contribution in [3.63, 3.8) is 0 Å². The van der Waals surface area contributed by atoms with E-state index in [0.29, 0.717) is 41.3 Å². The van der Waals surface area contributed by atoms with Gasteiger partial charge in [-0.25, -0.2) is 8.42 Å². The Hall–Kier alpha value is -3.85. The fraction of sp³-hybridized carbons (Fsp3) is 0.310. The molecule has 2 aliphatic heterocycles. The van der Waals surface area contributed by atoms with Crippen molar-refractivity contribution >= 4 is 33.2 Å². The van der Waals surface area contributed by atoms with Crippen molar-refractivity contribution in [2.24, 2.45) is 0 Å². The Morgan fingerprint density at radius 3 is 2.26 bits per heavy atom. The number of sulfonamides is 1. The Balaban J connectivity index is 1.38. The summed E-state index contributed by atoms with van der Waals surface area (Å²) < 4.78 is 34.2. The Morgan fingerprint density at radius 2 is 1.50 bits per heavy atom. The minimum absolute atomic E-state index is 0.121. The predicted octanol–water partition coefficient (Wildman–Crippen LogP) is 4.44. The lowest BCUT2D eigenvalue weighted by Gasteiger charge is -2.35. The maximum absolute atomic E-state index is 13.5. The summed E-state index contributed by atoms with van der Waals surface area (Å²) in [5, 5.41) is 2.84. The molecule has 1 atom stereocenters. The van der Waals surface area contributed by atoms with Crippen LogP contribution in [0.15, 0.2) is 78.9 Å². The van der Waals surface area contributed by atoms with Crippen LogP contribution in [0.4, 0.5) is 11.4 Å². The highest BCUT2D eigenvalue weighted by Gasteiger charge is 2.37. The number of amides is 2. The Labute approximate surface area is 223 Å². The van der Waals surface area contributed by atoms with E-state index in [1.807, 2.05) is 11.0 Å². The summed E-state index contributed by atoms with van der Waals surface area (Å²) in [7, 11) is -3.82. The van der Waals surface area contributed by atoms with Crippen molar-refractivity contribution in [2.45, 2.75) is 37.5 Å². The minimum atomic E-state index is -3.82. The molecule has 38 heavy (non-hydrogen) atoms. The number of likely N-dealkylation sites (tertiary alicyclic amines) is 1. The monoisotopic (exact) mass is 533 g/mol. The fourth-order valence-electron chi connectivity index (χ4n) is 4.90. The molecule has 198 valence electrons. The van der Waals surface area contributed by atoms with Crippen molar-refractivity contribution in [3.8, 4) is 5.75 Å². The van der Waals surface area contributed by atoms with Gasteiger partial charge in [-0.1, -0.05) is 67.4 Å². The Morgan fingerprint density at radius 1 is 0.842 bits per heavy atom. The van der Waals surface area contributed by atoms with Gasteiger partial charge in [0.2, 0.25) is 10.0 Å². The summed E-state index contributed by atoms with van der Waals surface area (Å²) >= 11 is 0.